The van der Waals surface area contributed by atoms with Crippen LogP contribution < -0.4 is 4.74 Å². The number of esters is 1. The summed E-state index contributed by atoms with van der Waals surface area (Å²) in [6.45, 7) is 1.24. The predicted molar refractivity (Wildman–Crippen MR) is 57.4 cm³/mol. The second kappa shape index (κ2) is 4.91. The maximum atomic E-state index is 11.3. The molecule has 1 N–H and O–H groups in total. The molecule has 0 bridgehead atoms. The molecule has 0 amide bonds. The first kappa shape index (κ1) is 12.4. The maximum absolute atomic E-state index is 11.3. The molecule has 0 atom stereocenters. The Bertz CT molecular complexity index is 501. The zero-order valence-corrected chi connectivity index (χ0v) is 9.27. The fraction of sp³-hybridized carbons (Fsp3) is 0.100. The van der Waals surface area contributed by atoms with Crippen molar-refractivity contribution in [3.05, 3.63) is 41.3 Å². The normalized spacial score (nSPS) is 12.2. The second-order valence-electron chi connectivity index (χ2n) is 3.02. The van der Waals surface area contributed by atoms with Crippen molar-refractivity contribution in [3.63, 3.8) is 0 Å². The fourth-order valence-corrected chi connectivity index (χ4v) is 1.49. The van der Waals surface area contributed by atoms with E-state index in [-0.39, 0.29) is 5.57 Å². The Morgan fingerprint density at radius 2 is 1.88 bits per heavy atom. The molecule has 1 aromatic rings. The first-order valence-corrected chi connectivity index (χ1v) is 5.82. The van der Waals surface area contributed by atoms with Crippen LogP contribution in [0.15, 0.2) is 41.3 Å². The number of benzene rings is 1. The highest BCUT2D eigenvalue weighted by Gasteiger charge is 2.10. The lowest BCUT2D eigenvalue weighted by atomic mass is 10.3. The Morgan fingerprint density at radius 3 is 2.38 bits per heavy atom. The lowest BCUT2D eigenvalue weighted by Gasteiger charge is -2.02. The number of hydrogen-bond acceptors (Lipinski definition) is 4. The molecule has 6 heteroatoms. The zero-order valence-electron chi connectivity index (χ0n) is 8.45. The van der Waals surface area contributed by atoms with Gasteiger partial charge in [0.1, 0.15) is 5.75 Å². The van der Waals surface area contributed by atoms with E-state index in [1.54, 1.807) is 30.3 Å². The molecule has 0 saturated heterocycles. The van der Waals surface area contributed by atoms with Crippen LogP contribution >= 0.6 is 0 Å². The third-order valence-corrected chi connectivity index (χ3v) is 2.25. The third-order valence-electron chi connectivity index (χ3n) is 1.60. The van der Waals surface area contributed by atoms with E-state index >= 15 is 0 Å². The molecule has 0 spiro atoms. The van der Waals surface area contributed by atoms with E-state index in [2.05, 4.69) is 0 Å². The minimum atomic E-state index is -4.32. The Morgan fingerprint density at radius 1 is 1.31 bits per heavy atom. The topological polar surface area (TPSA) is 80.7 Å². The molecule has 86 valence electrons. The van der Waals surface area contributed by atoms with Crippen LogP contribution in [0.2, 0.25) is 0 Å². The van der Waals surface area contributed by atoms with Crippen molar-refractivity contribution in [3.8, 4) is 5.75 Å². The van der Waals surface area contributed by atoms with Gasteiger partial charge in [-0.3, -0.25) is 4.55 Å². The van der Waals surface area contributed by atoms with E-state index in [1.165, 1.54) is 6.92 Å². The molecule has 0 radical (unpaired) electrons. The zero-order chi connectivity index (χ0) is 12.2. The van der Waals surface area contributed by atoms with Crippen molar-refractivity contribution < 1.29 is 22.5 Å². The van der Waals surface area contributed by atoms with Gasteiger partial charge in [0.05, 0.1) is 5.41 Å². The molecular weight excluding hydrogens is 232 g/mol. The molecule has 0 unspecified atom stereocenters. The van der Waals surface area contributed by atoms with Crippen LogP contribution in [-0.4, -0.2) is 18.9 Å². The van der Waals surface area contributed by atoms with Gasteiger partial charge in [0.25, 0.3) is 10.1 Å². The van der Waals surface area contributed by atoms with Crippen molar-refractivity contribution >= 4 is 16.1 Å². The molecule has 0 aliphatic rings. The first-order valence-electron chi connectivity index (χ1n) is 4.31. The van der Waals surface area contributed by atoms with E-state index in [0.717, 1.165) is 0 Å². The van der Waals surface area contributed by atoms with Gasteiger partial charge in [-0.25, -0.2) is 4.79 Å². The SMILES string of the molecule is CC(=CS(=O)(=O)O)C(=O)Oc1ccccc1. The van der Waals surface area contributed by atoms with E-state index in [0.29, 0.717) is 11.2 Å². The minimum absolute atomic E-state index is 0.202. The standard InChI is InChI=1S/C10H10O5S/c1-8(7-16(12,13)14)10(11)15-9-5-3-2-4-6-9/h2-7H,1H3,(H,12,13,14). The van der Waals surface area contributed by atoms with E-state index in [1.807, 2.05) is 0 Å². The molecular formula is C10H10O5S. The van der Waals surface area contributed by atoms with Crippen LogP contribution in [-0.2, 0) is 14.9 Å². The highest BCUT2D eigenvalue weighted by Crippen LogP contribution is 2.11. The number of hydrogen-bond donors (Lipinski definition) is 1. The smallest absolute Gasteiger partial charge is 0.339 e. The Hall–Kier alpha value is -1.66. The lowest BCUT2D eigenvalue weighted by Crippen LogP contribution is -2.10. The minimum Gasteiger partial charge on any atom is -0.423 e. The van der Waals surface area contributed by atoms with Gasteiger partial charge in [-0.2, -0.15) is 8.42 Å². The fourth-order valence-electron chi connectivity index (χ4n) is 0.948. The van der Waals surface area contributed by atoms with Gasteiger partial charge >= 0.3 is 5.97 Å². The Balaban J connectivity index is 2.78. The summed E-state index contributed by atoms with van der Waals surface area (Å²) >= 11 is 0. The predicted octanol–water partition coefficient (Wildman–Crippen LogP) is 1.38. The molecule has 0 fully saturated rings. The van der Waals surface area contributed by atoms with Gasteiger partial charge in [-0.15, -0.1) is 0 Å². The quantitative estimate of drug-likeness (QED) is 0.375. The lowest BCUT2D eigenvalue weighted by molar-refractivity contribution is -0.130. The second-order valence-corrected chi connectivity index (χ2v) is 4.28. The number of carbonyl (C=O) groups is 1. The monoisotopic (exact) mass is 242 g/mol. The Kier molecular flexibility index (Phi) is 3.81. The van der Waals surface area contributed by atoms with E-state index < -0.39 is 16.1 Å². The van der Waals surface area contributed by atoms with E-state index in [9.17, 15) is 13.2 Å². The summed E-state index contributed by atoms with van der Waals surface area (Å²) in [7, 11) is -4.32. The molecule has 0 aromatic heterocycles. The molecule has 0 aliphatic carbocycles. The van der Waals surface area contributed by atoms with Crippen molar-refractivity contribution in [2.45, 2.75) is 6.92 Å². The molecule has 0 heterocycles. The van der Waals surface area contributed by atoms with Crippen molar-refractivity contribution in [2.24, 2.45) is 0 Å². The molecule has 0 aliphatic heterocycles. The van der Waals surface area contributed by atoms with Gasteiger partial charge < -0.3 is 4.74 Å². The summed E-state index contributed by atoms with van der Waals surface area (Å²) in [6.07, 6.45) is 0. The van der Waals surface area contributed by atoms with Crippen molar-refractivity contribution in [1.82, 2.24) is 0 Å². The summed E-state index contributed by atoms with van der Waals surface area (Å²) in [5.74, 6) is -0.528. The van der Waals surface area contributed by atoms with Crippen molar-refractivity contribution in [1.29, 1.82) is 0 Å². The molecule has 16 heavy (non-hydrogen) atoms. The summed E-state index contributed by atoms with van der Waals surface area (Å²) in [5, 5.41) is 0.443. The third kappa shape index (κ3) is 4.24. The van der Waals surface area contributed by atoms with Crippen molar-refractivity contribution in [2.75, 3.05) is 0 Å². The van der Waals surface area contributed by atoms with Gasteiger partial charge in [-0.1, -0.05) is 18.2 Å². The van der Waals surface area contributed by atoms with Crippen LogP contribution in [0.25, 0.3) is 0 Å². The van der Waals surface area contributed by atoms with E-state index in [4.69, 9.17) is 9.29 Å². The Labute approximate surface area is 93.1 Å². The number of rotatable bonds is 3. The average molecular weight is 242 g/mol. The van der Waals surface area contributed by atoms with Crippen LogP contribution in [0.5, 0.6) is 5.75 Å². The molecule has 0 saturated carbocycles. The average Bonchev–Trinajstić information content (AvgIpc) is 2.16. The number of carbonyl (C=O) groups excluding carboxylic acids is 1. The molecule has 1 aromatic carbocycles. The summed E-state index contributed by atoms with van der Waals surface area (Å²) in [5.41, 5.74) is -0.202. The maximum Gasteiger partial charge on any atom is 0.339 e. The summed E-state index contributed by atoms with van der Waals surface area (Å²) < 4.78 is 34.3. The van der Waals surface area contributed by atoms with Gasteiger partial charge in [-0.05, 0) is 19.1 Å². The first-order chi connectivity index (χ1) is 7.38. The summed E-state index contributed by atoms with van der Waals surface area (Å²) in [4.78, 5) is 11.3. The van der Waals surface area contributed by atoms with Crippen LogP contribution in [0, 0.1) is 0 Å². The van der Waals surface area contributed by atoms with Gasteiger partial charge in [0.15, 0.2) is 0 Å². The van der Waals surface area contributed by atoms with Crippen LogP contribution in [0.3, 0.4) is 0 Å². The highest BCUT2D eigenvalue weighted by atomic mass is 32.2. The number of para-hydroxylation sites is 1. The van der Waals surface area contributed by atoms with Gasteiger partial charge in [0.2, 0.25) is 0 Å². The molecule has 1 rings (SSSR count). The van der Waals surface area contributed by atoms with Crippen LogP contribution in [0.1, 0.15) is 6.92 Å². The highest BCUT2D eigenvalue weighted by molar-refractivity contribution is 7.88. The largest absolute Gasteiger partial charge is 0.423 e. The van der Waals surface area contributed by atoms with Gasteiger partial charge in [0, 0.05) is 5.57 Å². The molecule has 5 nitrogen and oxygen atoms in total. The summed E-state index contributed by atoms with van der Waals surface area (Å²) in [6, 6.07) is 8.20. The number of ether oxygens (including phenoxy) is 1. The van der Waals surface area contributed by atoms with Crippen LogP contribution in [0.4, 0.5) is 0 Å².